The van der Waals surface area contributed by atoms with Gasteiger partial charge in [0.05, 0.1) is 11.0 Å². The summed E-state index contributed by atoms with van der Waals surface area (Å²) in [6, 6.07) is 105. The van der Waals surface area contributed by atoms with Gasteiger partial charge in [0.1, 0.15) is 0 Å². The van der Waals surface area contributed by atoms with Gasteiger partial charge in [-0.05, 0) is 149 Å². The van der Waals surface area contributed by atoms with E-state index in [1.54, 1.807) is 0 Å². The zero-order chi connectivity index (χ0) is 50.1. The fourth-order valence-corrected chi connectivity index (χ4v) is 13.4. The zero-order valence-corrected chi connectivity index (χ0v) is 42.3. The highest BCUT2D eigenvalue weighted by atomic mass is 32.1. The molecule has 0 unspecified atom stereocenters. The van der Waals surface area contributed by atoms with Crippen molar-refractivity contribution in [2.24, 2.45) is 0 Å². The van der Waals surface area contributed by atoms with Crippen LogP contribution in [-0.4, -0.2) is 4.57 Å². The van der Waals surface area contributed by atoms with Crippen LogP contribution in [0.15, 0.2) is 285 Å². The van der Waals surface area contributed by atoms with E-state index in [-0.39, 0.29) is 0 Å². The molecule has 354 valence electrons. The average Bonchev–Trinajstić information content (AvgIpc) is 4.05. The number of aromatic nitrogens is 1. The summed E-state index contributed by atoms with van der Waals surface area (Å²) in [5.74, 6) is 0. The Morgan fingerprint density at radius 2 is 0.592 bits per heavy atom. The van der Waals surface area contributed by atoms with E-state index in [2.05, 4.69) is 290 Å². The van der Waals surface area contributed by atoms with Gasteiger partial charge in [-0.15, -0.1) is 11.3 Å². The van der Waals surface area contributed by atoms with Crippen molar-refractivity contribution in [1.82, 2.24) is 4.57 Å². The van der Waals surface area contributed by atoms with Crippen molar-refractivity contribution in [2.75, 3.05) is 0 Å². The predicted molar refractivity (Wildman–Crippen MR) is 327 cm³/mol. The fraction of sp³-hybridized carbons (Fsp3) is 0. The first-order valence-corrected chi connectivity index (χ1v) is 27.0. The SMILES string of the molecule is c1ccc(-c2cc(-c3ccccc3)c3sc4c(-c5ccc6c(c5)c5ccccc5n6-c5ccc(-c6ccc7c(-c8ccccc8)c8ccccc8c(-c8ccccc8)c7c6)cc5)cc(-c5ccccc5)cc4c3c2)cc1. The largest absolute Gasteiger partial charge is 0.309 e. The minimum atomic E-state index is 1.13. The average molecular weight is 982 g/mol. The lowest BCUT2D eigenvalue weighted by Crippen LogP contribution is -1.94. The highest BCUT2D eigenvalue weighted by Gasteiger charge is 2.21. The van der Waals surface area contributed by atoms with Crippen molar-refractivity contribution in [2.45, 2.75) is 0 Å². The lowest BCUT2D eigenvalue weighted by atomic mass is 9.85. The standard InChI is InChI=1S/C74H47NS/c1-6-20-48(21-7-1)56-44-63(51-24-10-3-11-25-51)73-67(46-56)68-47-57(49-22-8-2-9-23-49)45-64(74(68)76-73)55-37-41-70-65(43-55)59-30-18-19-33-69(59)75(70)58-38-34-50(35-39-58)54-36-40-62-66(42-54)72(53-28-14-5-15-29-53)61-32-17-16-31-60(61)71(62)52-26-12-4-13-27-52/h1-47H. The minimum absolute atomic E-state index is 1.13. The van der Waals surface area contributed by atoms with Crippen molar-refractivity contribution in [3.63, 3.8) is 0 Å². The Kier molecular flexibility index (Phi) is 10.5. The molecule has 0 N–H and O–H groups in total. The third-order valence-electron chi connectivity index (χ3n) is 15.6. The highest BCUT2D eigenvalue weighted by Crippen LogP contribution is 2.49. The second-order valence-corrected chi connectivity index (χ2v) is 20.9. The molecule has 15 aromatic rings. The third kappa shape index (κ3) is 7.29. The lowest BCUT2D eigenvalue weighted by Gasteiger charge is -2.19. The molecule has 0 saturated carbocycles. The first-order valence-electron chi connectivity index (χ1n) is 26.1. The second-order valence-electron chi connectivity index (χ2n) is 19.9. The maximum Gasteiger partial charge on any atom is 0.0541 e. The molecule has 0 aliphatic heterocycles. The van der Waals surface area contributed by atoms with Crippen LogP contribution in [0.3, 0.4) is 0 Å². The van der Waals surface area contributed by atoms with E-state index in [1.165, 1.54) is 141 Å². The smallest absolute Gasteiger partial charge is 0.0541 e. The minimum Gasteiger partial charge on any atom is -0.309 e. The Hall–Kier alpha value is -9.60. The van der Waals surface area contributed by atoms with Crippen LogP contribution in [0.2, 0.25) is 0 Å². The van der Waals surface area contributed by atoms with E-state index in [9.17, 15) is 0 Å². The molecule has 0 amide bonds. The van der Waals surface area contributed by atoms with Gasteiger partial charge in [0.2, 0.25) is 0 Å². The summed E-state index contributed by atoms with van der Waals surface area (Å²) in [4.78, 5) is 0. The molecule has 0 atom stereocenters. The van der Waals surface area contributed by atoms with Gasteiger partial charge < -0.3 is 4.57 Å². The second kappa shape index (κ2) is 18.1. The molecule has 2 heterocycles. The Morgan fingerprint density at radius 1 is 0.211 bits per heavy atom. The highest BCUT2D eigenvalue weighted by molar-refractivity contribution is 7.27. The van der Waals surface area contributed by atoms with Crippen LogP contribution < -0.4 is 0 Å². The summed E-state index contributed by atoms with van der Waals surface area (Å²) in [5.41, 5.74) is 20.7. The number of para-hydroxylation sites is 1. The Morgan fingerprint density at radius 3 is 1.16 bits per heavy atom. The molecule has 0 aliphatic rings. The Labute approximate surface area is 445 Å². The summed E-state index contributed by atoms with van der Waals surface area (Å²) >= 11 is 1.92. The molecular formula is C74H47NS. The van der Waals surface area contributed by atoms with Gasteiger partial charge in [0.25, 0.3) is 0 Å². The van der Waals surface area contributed by atoms with Gasteiger partial charge in [0.15, 0.2) is 0 Å². The van der Waals surface area contributed by atoms with Crippen molar-refractivity contribution in [1.29, 1.82) is 0 Å². The number of nitrogens with zero attached hydrogens (tertiary/aromatic N) is 1. The molecule has 0 bridgehead atoms. The Balaban J connectivity index is 0.885. The molecule has 2 aromatic heterocycles. The molecule has 76 heavy (non-hydrogen) atoms. The first kappa shape index (κ1) is 43.9. The third-order valence-corrected chi connectivity index (χ3v) is 16.9. The monoisotopic (exact) mass is 981 g/mol. The van der Waals surface area contributed by atoms with Gasteiger partial charge in [0, 0.05) is 47.8 Å². The lowest BCUT2D eigenvalue weighted by molar-refractivity contribution is 1.18. The number of hydrogen-bond donors (Lipinski definition) is 0. The summed E-state index contributed by atoms with van der Waals surface area (Å²) in [6.45, 7) is 0. The number of benzene rings is 13. The van der Waals surface area contributed by atoms with E-state index < -0.39 is 0 Å². The maximum absolute atomic E-state index is 2.44. The molecule has 0 saturated heterocycles. The van der Waals surface area contributed by atoms with Crippen LogP contribution in [0, 0.1) is 0 Å². The van der Waals surface area contributed by atoms with Crippen molar-refractivity contribution in [3.8, 4) is 83.6 Å². The molecular weight excluding hydrogens is 935 g/mol. The van der Waals surface area contributed by atoms with Crippen LogP contribution in [0.4, 0.5) is 0 Å². The van der Waals surface area contributed by atoms with Crippen molar-refractivity contribution in [3.05, 3.63) is 285 Å². The number of hydrogen-bond acceptors (Lipinski definition) is 1. The normalized spacial score (nSPS) is 11.7. The molecule has 15 rings (SSSR count). The van der Waals surface area contributed by atoms with E-state index in [1.807, 2.05) is 11.3 Å². The molecule has 0 radical (unpaired) electrons. The van der Waals surface area contributed by atoms with Crippen molar-refractivity contribution >= 4 is 74.9 Å². The van der Waals surface area contributed by atoms with Crippen LogP contribution >= 0.6 is 11.3 Å². The molecule has 13 aromatic carbocycles. The summed E-state index contributed by atoms with van der Waals surface area (Å²) < 4.78 is 5.04. The quantitative estimate of drug-likeness (QED) is 0.134. The van der Waals surface area contributed by atoms with E-state index in [0.29, 0.717) is 0 Å². The van der Waals surface area contributed by atoms with Crippen LogP contribution in [0.25, 0.3) is 147 Å². The van der Waals surface area contributed by atoms with Crippen LogP contribution in [0.1, 0.15) is 0 Å². The zero-order valence-electron chi connectivity index (χ0n) is 41.5. The summed E-state index contributed by atoms with van der Waals surface area (Å²) in [6.07, 6.45) is 0. The molecule has 0 fully saturated rings. The first-order chi connectivity index (χ1) is 37.7. The number of thiophene rings is 1. The fourth-order valence-electron chi connectivity index (χ4n) is 12.0. The van der Waals surface area contributed by atoms with Gasteiger partial charge >= 0.3 is 0 Å². The van der Waals surface area contributed by atoms with Gasteiger partial charge in [-0.2, -0.15) is 0 Å². The van der Waals surface area contributed by atoms with Crippen molar-refractivity contribution < 1.29 is 0 Å². The predicted octanol–water partition coefficient (Wildman–Crippen LogP) is 21.1. The maximum atomic E-state index is 2.44. The molecule has 0 spiro atoms. The number of rotatable bonds is 8. The summed E-state index contributed by atoms with van der Waals surface area (Å²) in [7, 11) is 0. The number of fused-ring (bicyclic) bond motifs is 8. The summed E-state index contributed by atoms with van der Waals surface area (Å²) in [5, 5.41) is 10.1. The van der Waals surface area contributed by atoms with Crippen LogP contribution in [-0.2, 0) is 0 Å². The topological polar surface area (TPSA) is 4.93 Å². The van der Waals surface area contributed by atoms with Gasteiger partial charge in [-0.1, -0.05) is 224 Å². The van der Waals surface area contributed by atoms with Gasteiger partial charge in [-0.25, -0.2) is 0 Å². The molecule has 0 aliphatic carbocycles. The van der Waals surface area contributed by atoms with Gasteiger partial charge in [-0.3, -0.25) is 0 Å². The van der Waals surface area contributed by atoms with E-state index >= 15 is 0 Å². The molecule has 2 heteroatoms. The Bertz CT molecular complexity index is 4690. The van der Waals surface area contributed by atoms with E-state index in [0.717, 1.165) is 5.69 Å². The van der Waals surface area contributed by atoms with E-state index in [4.69, 9.17) is 0 Å². The van der Waals surface area contributed by atoms with Crippen LogP contribution in [0.5, 0.6) is 0 Å². The molecule has 1 nitrogen and oxygen atoms in total.